The second-order valence-corrected chi connectivity index (χ2v) is 6.36. The molecule has 0 aliphatic carbocycles. The van der Waals surface area contributed by atoms with E-state index in [1.165, 1.54) is 0 Å². The van der Waals surface area contributed by atoms with Crippen molar-refractivity contribution in [2.75, 3.05) is 11.9 Å². The molecule has 2 aromatic carbocycles. The van der Waals surface area contributed by atoms with Crippen LogP contribution in [0.2, 0.25) is 5.02 Å². The Kier molecular flexibility index (Phi) is 5.99. The number of aldehydes is 1. The van der Waals surface area contributed by atoms with Crippen molar-refractivity contribution in [2.45, 2.75) is 0 Å². The summed E-state index contributed by atoms with van der Waals surface area (Å²) in [7, 11) is 0. The van der Waals surface area contributed by atoms with E-state index >= 15 is 0 Å². The van der Waals surface area contributed by atoms with E-state index in [2.05, 4.69) is 37.2 Å². The minimum absolute atomic E-state index is 0.192. The van der Waals surface area contributed by atoms with Crippen LogP contribution in [0.25, 0.3) is 0 Å². The topological polar surface area (TPSA) is 55.4 Å². The van der Waals surface area contributed by atoms with Gasteiger partial charge in [-0.3, -0.25) is 9.59 Å². The van der Waals surface area contributed by atoms with Crippen LogP contribution in [0.15, 0.2) is 45.3 Å². The molecule has 0 radical (unpaired) electrons. The fourth-order valence-electron chi connectivity index (χ4n) is 1.67. The SMILES string of the molecule is O=Cc1cc(Br)c(OCC(=O)Nc2ccccc2Cl)c(Br)c1. The zero-order chi connectivity index (χ0) is 16.1. The lowest BCUT2D eigenvalue weighted by molar-refractivity contribution is -0.118. The van der Waals surface area contributed by atoms with Crippen molar-refractivity contribution in [3.8, 4) is 5.75 Å². The number of ether oxygens (including phenoxy) is 1. The van der Waals surface area contributed by atoms with E-state index < -0.39 is 0 Å². The predicted octanol–water partition coefficient (Wildman–Crippen LogP) is 4.70. The number of amides is 1. The first-order chi connectivity index (χ1) is 10.5. The summed E-state index contributed by atoms with van der Waals surface area (Å²) in [4.78, 5) is 22.7. The third-order valence-corrected chi connectivity index (χ3v) is 4.16. The Bertz CT molecular complexity index is 699. The molecule has 0 atom stereocenters. The first-order valence-corrected chi connectivity index (χ1v) is 8.09. The van der Waals surface area contributed by atoms with Gasteiger partial charge in [0.1, 0.15) is 12.0 Å². The molecular weight excluding hydrogens is 437 g/mol. The molecule has 0 heterocycles. The van der Waals surface area contributed by atoms with Crippen LogP contribution in [-0.4, -0.2) is 18.8 Å². The summed E-state index contributed by atoms with van der Waals surface area (Å²) in [5.74, 6) is 0.103. The minimum atomic E-state index is -0.341. The molecule has 0 unspecified atom stereocenters. The first-order valence-electron chi connectivity index (χ1n) is 6.12. The fourth-order valence-corrected chi connectivity index (χ4v) is 3.31. The largest absolute Gasteiger partial charge is 0.481 e. The van der Waals surface area contributed by atoms with Crippen molar-refractivity contribution in [2.24, 2.45) is 0 Å². The number of carbonyl (C=O) groups is 2. The number of hydrogen-bond donors (Lipinski definition) is 1. The van der Waals surface area contributed by atoms with Gasteiger partial charge in [0.25, 0.3) is 5.91 Å². The molecule has 7 heteroatoms. The summed E-state index contributed by atoms with van der Waals surface area (Å²) in [6.07, 6.45) is 0.726. The Balaban J connectivity index is 2.03. The van der Waals surface area contributed by atoms with Gasteiger partial charge in [0, 0.05) is 5.56 Å². The van der Waals surface area contributed by atoms with Crippen LogP contribution in [0.5, 0.6) is 5.75 Å². The van der Waals surface area contributed by atoms with Crippen molar-refractivity contribution in [3.05, 3.63) is 55.9 Å². The molecule has 0 aromatic heterocycles. The molecule has 2 rings (SSSR count). The van der Waals surface area contributed by atoms with Gasteiger partial charge in [-0.1, -0.05) is 23.7 Å². The van der Waals surface area contributed by atoms with E-state index in [0.717, 1.165) is 6.29 Å². The maximum Gasteiger partial charge on any atom is 0.262 e. The van der Waals surface area contributed by atoms with Crippen molar-refractivity contribution in [1.82, 2.24) is 0 Å². The standard InChI is InChI=1S/C15H10Br2ClNO3/c16-10-5-9(7-20)6-11(17)15(10)22-8-14(21)19-13-4-2-1-3-12(13)18/h1-7H,8H2,(H,19,21). The molecule has 1 N–H and O–H groups in total. The maximum atomic E-state index is 11.9. The van der Waals surface area contributed by atoms with Crippen molar-refractivity contribution < 1.29 is 14.3 Å². The van der Waals surface area contributed by atoms with Crippen LogP contribution < -0.4 is 10.1 Å². The number of hydrogen-bond acceptors (Lipinski definition) is 3. The number of carbonyl (C=O) groups excluding carboxylic acids is 2. The van der Waals surface area contributed by atoms with Crippen LogP contribution >= 0.6 is 43.5 Å². The maximum absolute atomic E-state index is 11.9. The Morgan fingerprint density at radius 2 is 1.86 bits per heavy atom. The normalized spacial score (nSPS) is 10.1. The first kappa shape index (κ1) is 17.0. The molecule has 114 valence electrons. The molecule has 0 aliphatic rings. The molecule has 0 spiro atoms. The van der Waals surface area contributed by atoms with Crippen molar-refractivity contribution in [3.63, 3.8) is 0 Å². The van der Waals surface area contributed by atoms with E-state index in [4.69, 9.17) is 16.3 Å². The van der Waals surface area contributed by atoms with Gasteiger partial charge in [-0.2, -0.15) is 0 Å². The molecule has 0 saturated heterocycles. The molecule has 0 bridgehead atoms. The molecule has 0 saturated carbocycles. The van der Waals surface area contributed by atoms with Gasteiger partial charge in [0.15, 0.2) is 6.61 Å². The van der Waals surface area contributed by atoms with Gasteiger partial charge >= 0.3 is 0 Å². The van der Waals surface area contributed by atoms with Crippen molar-refractivity contribution in [1.29, 1.82) is 0 Å². The lowest BCUT2D eigenvalue weighted by Gasteiger charge is -2.11. The van der Waals surface area contributed by atoms with Crippen LogP contribution in [0.3, 0.4) is 0 Å². The number of rotatable bonds is 5. The Morgan fingerprint density at radius 1 is 1.23 bits per heavy atom. The van der Waals surface area contributed by atoms with Crippen molar-refractivity contribution >= 4 is 61.3 Å². The van der Waals surface area contributed by atoms with E-state index in [0.29, 0.717) is 31.0 Å². The van der Waals surface area contributed by atoms with Crippen LogP contribution in [0, 0.1) is 0 Å². The lowest BCUT2D eigenvalue weighted by atomic mass is 10.2. The summed E-state index contributed by atoms with van der Waals surface area (Å²) in [5.41, 5.74) is 1.01. The van der Waals surface area contributed by atoms with Crippen LogP contribution in [0.4, 0.5) is 5.69 Å². The van der Waals surface area contributed by atoms with Gasteiger partial charge < -0.3 is 10.1 Å². The second kappa shape index (κ2) is 7.76. The van der Waals surface area contributed by atoms with Gasteiger partial charge in [-0.25, -0.2) is 0 Å². The minimum Gasteiger partial charge on any atom is -0.481 e. The van der Waals surface area contributed by atoms with Crippen LogP contribution in [0.1, 0.15) is 10.4 Å². The summed E-state index contributed by atoms with van der Waals surface area (Å²) in [6, 6.07) is 10.2. The third-order valence-electron chi connectivity index (χ3n) is 2.65. The Hall–Kier alpha value is -1.37. The average Bonchev–Trinajstić information content (AvgIpc) is 2.48. The highest BCUT2D eigenvalue weighted by Crippen LogP contribution is 2.34. The monoisotopic (exact) mass is 445 g/mol. The molecule has 1 amide bonds. The quantitative estimate of drug-likeness (QED) is 0.677. The molecule has 22 heavy (non-hydrogen) atoms. The predicted molar refractivity (Wildman–Crippen MR) is 92.8 cm³/mol. The highest BCUT2D eigenvalue weighted by Gasteiger charge is 2.12. The average molecular weight is 448 g/mol. The highest BCUT2D eigenvalue weighted by atomic mass is 79.9. The Morgan fingerprint density at radius 3 is 2.45 bits per heavy atom. The fraction of sp³-hybridized carbons (Fsp3) is 0.0667. The third kappa shape index (κ3) is 4.32. The molecular formula is C15H10Br2ClNO3. The number of halogens is 3. The van der Waals surface area contributed by atoms with Crippen LogP contribution in [-0.2, 0) is 4.79 Å². The van der Waals surface area contributed by atoms with Gasteiger partial charge in [0.05, 0.1) is 19.7 Å². The molecule has 4 nitrogen and oxygen atoms in total. The van der Waals surface area contributed by atoms with E-state index in [1.807, 2.05) is 0 Å². The molecule has 2 aromatic rings. The Labute approximate surface area is 149 Å². The van der Waals surface area contributed by atoms with E-state index in [-0.39, 0.29) is 12.5 Å². The van der Waals surface area contributed by atoms with Gasteiger partial charge in [-0.05, 0) is 56.1 Å². The van der Waals surface area contributed by atoms with Gasteiger partial charge in [0.2, 0.25) is 0 Å². The number of para-hydroxylation sites is 1. The second-order valence-electron chi connectivity index (χ2n) is 4.25. The smallest absolute Gasteiger partial charge is 0.262 e. The number of nitrogens with one attached hydrogen (secondary N) is 1. The zero-order valence-corrected chi connectivity index (χ0v) is 15.0. The summed E-state index contributed by atoms with van der Waals surface area (Å²) < 4.78 is 6.63. The van der Waals surface area contributed by atoms with E-state index in [9.17, 15) is 9.59 Å². The molecule has 0 aliphatic heterocycles. The summed E-state index contributed by atoms with van der Waals surface area (Å²) >= 11 is 12.6. The zero-order valence-electron chi connectivity index (χ0n) is 11.1. The summed E-state index contributed by atoms with van der Waals surface area (Å²) in [6.45, 7) is -0.192. The van der Waals surface area contributed by atoms with E-state index in [1.54, 1.807) is 36.4 Å². The summed E-state index contributed by atoms with van der Waals surface area (Å²) in [5, 5.41) is 3.11. The highest BCUT2D eigenvalue weighted by molar-refractivity contribution is 9.11. The number of anilines is 1. The lowest BCUT2D eigenvalue weighted by Crippen LogP contribution is -2.20. The van der Waals surface area contributed by atoms with Gasteiger partial charge in [-0.15, -0.1) is 0 Å². The number of benzene rings is 2. The molecule has 0 fully saturated rings.